The smallest absolute Gasteiger partial charge is 0.337 e. The van der Waals surface area contributed by atoms with Crippen molar-refractivity contribution in [1.82, 2.24) is 4.98 Å². The lowest BCUT2D eigenvalue weighted by molar-refractivity contribution is 0.0600. The fourth-order valence-electron chi connectivity index (χ4n) is 2.52. The number of rotatable bonds is 3. The molecule has 1 heterocycles. The number of carbonyl (C=O) groups is 2. The number of nitrogens with one attached hydrogen (secondary N) is 1. The number of fused-ring (bicyclic) bond motifs is 1. The number of hydrogen-bond donors (Lipinski definition) is 1. The van der Waals surface area contributed by atoms with Gasteiger partial charge in [0.1, 0.15) is 5.15 Å². The zero-order valence-electron chi connectivity index (χ0n) is 13.7. The molecule has 1 amide bonds. The van der Waals surface area contributed by atoms with Gasteiger partial charge in [0.15, 0.2) is 0 Å². The van der Waals surface area contributed by atoms with Gasteiger partial charge in [0.25, 0.3) is 5.91 Å². The van der Waals surface area contributed by atoms with Crippen LogP contribution in [0.3, 0.4) is 0 Å². The Morgan fingerprint density at radius 3 is 2.64 bits per heavy atom. The number of carbonyl (C=O) groups excluding carboxylic acids is 2. The van der Waals surface area contributed by atoms with Gasteiger partial charge in [0.05, 0.1) is 23.8 Å². The Morgan fingerprint density at radius 2 is 1.88 bits per heavy atom. The van der Waals surface area contributed by atoms with Crippen LogP contribution in [0.2, 0.25) is 5.15 Å². The number of ether oxygens (including phenoxy) is 1. The van der Waals surface area contributed by atoms with Gasteiger partial charge in [-0.2, -0.15) is 0 Å². The molecule has 0 spiro atoms. The van der Waals surface area contributed by atoms with E-state index in [0.717, 1.165) is 5.56 Å². The highest BCUT2D eigenvalue weighted by molar-refractivity contribution is 6.30. The molecule has 3 aromatic rings. The van der Waals surface area contributed by atoms with Crippen molar-refractivity contribution in [2.45, 2.75) is 6.92 Å². The SMILES string of the molecule is COC(=O)c1ccc(C)c(NC(=O)c2cc(Cl)nc3ccccc23)c1. The van der Waals surface area contributed by atoms with Crippen molar-refractivity contribution in [2.24, 2.45) is 0 Å². The lowest BCUT2D eigenvalue weighted by Gasteiger charge is -2.11. The summed E-state index contributed by atoms with van der Waals surface area (Å²) in [4.78, 5) is 28.7. The average molecular weight is 355 g/mol. The lowest BCUT2D eigenvalue weighted by Crippen LogP contribution is -2.14. The predicted molar refractivity (Wildman–Crippen MR) is 97.2 cm³/mol. The van der Waals surface area contributed by atoms with E-state index in [1.54, 1.807) is 24.3 Å². The summed E-state index contributed by atoms with van der Waals surface area (Å²) in [6.45, 7) is 1.84. The van der Waals surface area contributed by atoms with Gasteiger partial charge in [0.2, 0.25) is 0 Å². The van der Waals surface area contributed by atoms with Gasteiger partial charge in [-0.05, 0) is 36.8 Å². The molecule has 0 unspecified atom stereocenters. The molecule has 0 aliphatic carbocycles. The maximum Gasteiger partial charge on any atom is 0.337 e. The van der Waals surface area contributed by atoms with Crippen LogP contribution in [-0.2, 0) is 4.74 Å². The molecule has 0 saturated carbocycles. The highest BCUT2D eigenvalue weighted by Gasteiger charge is 2.15. The number of esters is 1. The first-order valence-electron chi connectivity index (χ1n) is 7.55. The molecule has 2 aromatic carbocycles. The van der Waals surface area contributed by atoms with Crippen LogP contribution in [0.1, 0.15) is 26.3 Å². The zero-order valence-corrected chi connectivity index (χ0v) is 14.4. The van der Waals surface area contributed by atoms with Crippen LogP contribution in [0.5, 0.6) is 0 Å². The van der Waals surface area contributed by atoms with E-state index in [2.05, 4.69) is 10.3 Å². The van der Waals surface area contributed by atoms with E-state index < -0.39 is 5.97 Å². The Balaban J connectivity index is 2.00. The van der Waals surface area contributed by atoms with Crippen molar-refractivity contribution in [2.75, 3.05) is 12.4 Å². The average Bonchev–Trinajstić information content (AvgIpc) is 2.62. The van der Waals surface area contributed by atoms with Gasteiger partial charge in [-0.25, -0.2) is 9.78 Å². The molecule has 3 rings (SSSR count). The van der Waals surface area contributed by atoms with Crippen molar-refractivity contribution in [3.05, 3.63) is 70.4 Å². The van der Waals surface area contributed by atoms with E-state index in [4.69, 9.17) is 16.3 Å². The summed E-state index contributed by atoms with van der Waals surface area (Å²) in [7, 11) is 1.31. The third-order valence-electron chi connectivity index (χ3n) is 3.84. The Labute approximate surface area is 149 Å². The number of hydrogen-bond acceptors (Lipinski definition) is 4. The van der Waals surface area contributed by atoms with E-state index in [9.17, 15) is 9.59 Å². The summed E-state index contributed by atoms with van der Waals surface area (Å²) in [6.07, 6.45) is 0. The molecule has 0 atom stereocenters. The quantitative estimate of drug-likeness (QED) is 0.564. The minimum absolute atomic E-state index is 0.240. The van der Waals surface area contributed by atoms with Crippen molar-refractivity contribution in [1.29, 1.82) is 0 Å². The third kappa shape index (κ3) is 3.46. The van der Waals surface area contributed by atoms with Gasteiger partial charge >= 0.3 is 5.97 Å². The zero-order chi connectivity index (χ0) is 18.0. The molecule has 5 nitrogen and oxygen atoms in total. The Bertz CT molecular complexity index is 986. The van der Waals surface area contributed by atoms with E-state index in [1.807, 2.05) is 25.1 Å². The summed E-state index contributed by atoms with van der Waals surface area (Å²) < 4.78 is 4.72. The minimum Gasteiger partial charge on any atom is -0.465 e. The van der Waals surface area contributed by atoms with Gasteiger partial charge in [-0.1, -0.05) is 35.9 Å². The normalized spacial score (nSPS) is 10.5. The van der Waals surface area contributed by atoms with Crippen molar-refractivity contribution >= 4 is 40.1 Å². The maximum atomic E-state index is 12.8. The Morgan fingerprint density at radius 1 is 1.12 bits per heavy atom. The summed E-state index contributed by atoms with van der Waals surface area (Å²) in [5.41, 5.74) is 2.77. The highest BCUT2D eigenvalue weighted by Crippen LogP contribution is 2.23. The van der Waals surface area contributed by atoms with E-state index >= 15 is 0 Å². The predicted octanol–water partition coefficient (Wildman–Crippen LogP) is 4.24. The second-order valence-corrected chi connectivity index (χ2v) is 5.87. The van der Waals surface area contributed by atoms with Crippen LogP contribution < -0.4 is 5.32 Å². The summed E-state index contributed by atoms with van der Waals surface area (Å²) in [5.74, 6) is -0.793. The lowest BCUT2D eigenvalue weighted by atomic mass is 10.1. The summed E-state index contributed by atoms with van der Waals surface area (Å²) in [5, 5.41) is 3.77. The second-order valence-electron chi connectivity index (χ2n) is 5.49. The minimum atomic E-state index is -0.465. The number of aryl methyl sites for hydroxylation is 1. The number of anilines is 1. The monoisotopic (exact) mass is 354 g/mol. The first kappa shape index (κ1) is 16.9. The molecule has 1 aromatic heterocycles. The number of nitrogens with zero attached hydrogens (tertiary/aromatic N) is 1. The second kappa shape index (κ2) is 6.91. The number of para-hydroxylation sites is 1. The van der Waals surface area contributed by atoms with Crippen molar-refractivity contribution in [3.8, 4) is 0 Å². The topological polar surface area (TPSA) is 68.3 Å². The van der Waals surface area contributed by atoms with E-state index in [-0.39, 0.29) is 11.1 Å². The van der Waals surface area contributed by atoms with Crippen LogP contribution >= 0.6 is 11.6 Å². The number of amides is 1. The van der Waals surface area contributed by atoms with Gasteiger partial charge in [0, 0.05) is 11.1 Å². The van der Waals surface area contributed by atoms with Gasteiger partial charge < -0.3 is 10.1 Å². The molecule has 0 bridgehead atoms. The van der Waals surface area contributed by atoms with Crippen LogP contribution in [0.25, 0.3) is 10.9 Å². The molecule has 6 heteroatoms. The van der Waals surface area contributed by atoms with Crippen LogP contribution in [0, 0.1) is 6.92 Å². The van der Waals surface area contributed by atoms with E-state index in [1.165, 1.54) is 13.2 Å². The molecule has 126 valence electrons. The van der Waals surface area contributed by atoms with Crippen LogP contribution in [0.4, 0.5) is 5.69 Å². The fraction of sp³-hybridized carbons (Fsp3) is 0.105. The molecular formula is C19H15ClN2O3. The summed E-state index contributed by atoms with van der Waals surface area (Å²) >= 11 is 6.04. The first-order valence-corrected chi connectivity index (χ1v) is 7.93. The fourth-order valence-corrected chi connectivity index (χ4v) is 2.72. The van der Waals surface area contributed by atoms with E-state index in [0.29, 0.717) is 27.7 Å². The number of aromatic nitrogens is 1. The molecular weight excluding hydrogens is 340 g/mol. The van der Waals surface area contributed by atoms with Gasteiger partial charge in [-0.15, -0.1) is 0 Å². The van der Waals surface area contributed by atoms with Crippen molar-refractivity contribution < 1.29 is 14.3 Å². The standard InChI is InChI=1S/C19H15ClN2O3/c1-11-7-8-12(19(24)25-2)9-16(11)22-18(23)14-10-17(20)21-15-6-4-3-5-13(14)15/h3-10H,1-2H3,(H,22,23). The molecule has 0 saturated heterocycles. The van der Waals surface area contributed by atoms with Crippen molar-refractivity contribution in [3.63, 3.8) is 0 Å². The number of benzene rings is 2. The molecule has 25 heavy (non-hydrogen) atoms. The van der Waals surface area contributed by atoms with Crippen LogP contribution in [-0.4, -0.2) is 24.0 Å². The summed E-state index contributed by atoms with van der Waals surface area (Å²) in [6, 6.07) is 13.8. The maximum absolute atomic E-state index is 12.8. The molecule has 0 fully saturated rings. The molecule has 0 aliphatic rings. The third-order valence-corrected chi connectivity index (χ3v) is 4.03. The molecule has 0 aliphatic heterocycles. The molecule has 0 radical (unpaired) electrons. The first-order chi connectivity index (χ1) is 12.0. The van der Waals surface area contributed by atoms with Crippen LogP contribution in [0.15, 0.2) is 48.5 Å². The Hall–Kier alpha value is -2.92. The van der Waals surface area contributed by atoms with Gasteiger partial charge in [-0.3, -0.25) is 4.79 Å². The largest absolute Gasteiger partial charge is 0.465 e. The highest BCUT2D eigenvalue weighted by atomic mass is 35.5. The number of halogens is 1. The number of methoxy groups -OCH3 is 1. The molecule has 1 N–H and O–H groups in total. The number of pyridine rings is 1. The Kier molecular flexibility index (Phi) is 4.67.